The van der Waals surface area contributed by atoms with Crippen molar-refractivity contribution in [2.75, 3.05) is 82.5 Å². The molecule has 1 fully saturated rings. The van der Waals surface area contributed by atoms with Gasteiger partial charge in [-0.2, -0.15) is 9.97 Å². The van der Waals surface area contributed by atoms with Gasteiger partial charge in [0.2, 0.25) is 6.41 Å². The van der Waals surface area contributed by atoms with Crippen molar-refractivity contribution >= 4 is 23.7 Å². The molecule has 1 aliphatic rings. The van der Waals surface area contributed by atoms with Gasteiger partial charge in [-0.25, -0.2) is 0 Å². The van der Waals surface area contributed by atoms with Gasteiger partial charge in [0.15, 0.2) is 11.6 Å². The number of hydrogen-bond acceptors (Lipinski definition) is 9. The maximum Gasteiger partial charge on any atom is 0.320 e. The number of aromatic nitrogens is 2. The van der Waals surface area contributed by atoms with E-state index in [0.29, 0.717) is 37.2 Å². The average Bonchev–Trinajstić information content (AvgIpc) is 2.93. The molecular weight excluding hydrogens is 482 g/mol. The molecule has 10 nitrogen and oxygen atoms in total. The lowest BCUT2D eigenvalue weighted by molar-refractivity contribution is -0.107. The third kappa shape index (κ3) is 9.33. The Morgan fingerprint density at radius 1 is 1.11 bits per heavy atom. The number of nitrogens with two attached hydrogens (primary N) is 1. The maximum atomic E-state index is 12.1. The van der Waals surface area contributed by atoms with Crippen molar-refractivity contribution in [3.8, 4) is 11.8 Å². The number of nitrogens with one attached hydrogen (secondary N) is 1. The number of nitrogens with zero attached hydrogens (tertiary/aromatic N) is 5. The molecule has 0 bridgehead atoms. The van der Waals surface area contributed by atoms with Crippen molar-refractivity contribution in [3.05, 3.63) is 30.3 Å². The Labute approximate surface area is 227 Å². The lowest BCUT2D eigenvalue weighted by Gasteiger charge is -2.34. The number of likely N-dealkylation sites (tertiary alicyclic amines) is 1. The number of amides is 1. The Morgan fingerprint density at radius 2 is 1.87 bits per heavy atom. The molecule has 1 aromatic carbocycles. The molecule has 1 saturated heterocycles. The lowest BCUT2D eigenvalue weighted by Crippen LogP contribution is -2.40. The molecule has 1 aromatic heterocycles. The Morgan fingerprint density at radius 3 is 2.55 bits per heavy atom. The fourth-order valence-electron chi connectivity index (χ4n) is 4.63. The minimum Gasteiger partial charge on any atom is -0.492 e. The summed E-state index contributed by atoms with van der Waals surface area (Å²) < 4.78 is 11.5. The van der Waals surface area contributed by atoms with Crippen LogP contribution in [-0.4, -0.2) is 92.8 Å². The monoisotopic (exact) mass is 527 g/mol. The van der Waals surface area contributed by atoms with Crippen LogP contribution >= 0.6 is 0 Å². The number of likely N-dealkylation sites (N-methyl/N-ethyl adjacent to an activating group) is 1. The van der Waals surface area contributed by atoms with E-state index in [4.69, 9.17) is 15.2 Å². The number of piperidine rings is 1. The quantitative estimate of drug-likeness (QED) is 0.236. The van der Waals surface area contributed by atoms with Gasteiger partial charge in [-0.1, -0.05) is 31.5 Å². The first-order valence-electron chi connectivity index (χ1n) is 13.8. The first kappa shape index (κ1) is 29.4. The molecule has 0 radical (unpaired) electrons. The van der Waals surface area contributed by atoms with E-state index in [2.05, 4.69) is 39.1 Å². The fourth-order valence-corrected chi connectivity index (χ4v) is 4.63. The highest BCUT2D eigenvalue weighted by molar-refractivity contribution is 5.85. The van der Waals surface area contributed by atoms with Crippen LogP contribution in [-0.2, 0) is 4.79 Å². The van der Waals surface area contributed by atoms with Crippen LogP contribution in [0.1, 0.15) is 39.0 Å². The highest BCUT2D eigenvalue weighted by Crippen LogP contribution is 2.31. The van der Waals surface area contributed by atoms with E-state index in [1.54, 1.807) is 11.9 Å². The number of carbonyl (C=O) groups excluding carboxylic acids is 1. The minimum absolute atomic E-state index is 0.211. The zero-order valence-electron chi connectivity index (χ0n) is 23.3. The molecule has 1 amide bonds. The summed E-state index contributed by atoms with van der Waals surface area (Å²) in [5, 5.41) is 3.04. The molecule has 0 saturated carbocycles. The molecule has 1 aliphatic heterocycles. The number of rotatable bonds is 17. The van der Waals surface area contributed by atoms with Crippen LogP contribution in [0.3, 0.4) is 0 Å². The summed E-state index contributed by atoms with van der Waals surface area (Å²) in [4.78, 5) is 27.3. The zero-order chi connectivity index (χ0) is 27.2. The summed E-state index contributed by atoms with van der Waals surface area (Å²) in [7, 11) is 3.90. The Bertz CT molecular complexity index is 955. The van der Waals surface area contributed by atoms with Gasteiger partial charge >= 0.3 is 6.01 Å². The molecular formula is C28H45N7O3. The third-order valence-corrected chi connectivity index (χ3v) is 6.94. The number of hydrogen-bond donors (Lipinski definition) is 2. The Balaban J connectivity index is 1.41. The van der Waals surface area contributed by atoms with Gasteiger partial charge in [-0.15, -0.1) is 0 Å². The molecule has 2 heterocycles. The van der Waals surface area contributed by atoms with Gasteiger partial charge in [0.25, 0.3) is 0 Å². The van der Waals surface area contributed by atoms with Gasteiger partial charge in [-0.3, -0.25) is 9.69 Å². The average molecular weight is 528 g/mol. The normalized spacial score (nSPS) is 14.4. The van der Waals surface area contributed by atoms with Crippen LogP contribution in [0.25, 0.3) is 0 Å². The number of ether oxygens (including phenoxy) is 2. The second-order valence-electron chi connectivity index (χ2n) is 9.90. The molecule has 0 aliphatic carbocycles. The highest BCUT2D eigenvalue weighted by Gasteiger charge is 2.25. The van der Waals surface area contributed by atoms with Crippen molar-refractivity contribution in [1.82, 2.24) is 19.8 Å². The first-order chi connectivity index (χ1) is 18.5. The molecule has 0 spiro atoms. The van der Waals surface area contributed by atoms with Crippen LogP contribution in [0, 0.1) is 5.92 Å². The summed E-state index contributed by atoms with van der Waals surface area (Å²) in [6.07, 6.45) is 5.96. The van der Waals surface area contributed by atoms with Gasteiger partial charge in [0.05, 0.1) is 6.61 Å². The van der Waals surface area contributed by atoms with Crippen LogP contribution in [0.2, 0.25) is 0 Å². The van der Waals surface area contributed by atoms with E-state index in [9.17, 15) is 4.79 Å². The van der Waals surface area contributed by atoms with Crippen LogP contribution < -0.4 is 25.4 Å². The van der Waals surface area contributed by atoms with E-state index in [1.807, 2.05) is 30.3 Å². The Hall–Kier alpha value is -3.11. The summed E-state index contributed by atoms with van der Waals surface area (Å²) in [5.41, 5.74) is 6.70. The standard InChI is InChI=1S/C28H45N7O3/c1-4-5-19-38-28-31-26(29)25(30-2)27(32-28)35(22-36)21-23-12-16-34(17-13-23)15-9-14-33(3)18-20-37-24-10-7-6-8-11-24/h6-8,10-11,22-23,30H,4-5,9,12-21H2,1-3H3,(H2,29,31,32). The van der Waals surface area contributed by atoms with Crippen LogP contribution in [0.5, 0.6) is 11.8 Å². The van der Waals surface area contributed by atoms with Crippen LogP contribution in [0.4, 0.5) is 17.3 Å². The Kier molecular flexibility index (Phi) is 12.4. The van der Waals surface area contributed by atoms with Gasteiger partial charge < -0.3 is 30.3 Å². The van der Waals surface area contributed by atoms with E-state index in [0.717, 1.165) is 77.0 Å². The summed E-state index contributed by atoms with van der Waals surface area (Å²) in [6, 6.07) is 10.2. The van der Waals surface area contributed by atoms with Gasteiger partial charge in [0.1, 0.15) is 18.0 Å². The molecule has 0 unspecified atom stereocenters. The van der Waals surface area contributed by atoms with E-state index in [1.165, 1.54) is 0 Å². The number of anilines is 3. The third-order valence-electron chi connectivity index (χ3n) is 6.94. The number of benzene rings is 1. The van der Waals surface area contributed by atoms with Crippen LogP contribution in [0.15, 0.2) is 30.3 Å². The lowest BCUT2D eigenvalue weighted by atomic mass is 9.96. The first-order valence-corrected chi connectivity index (χ1v) is 13.8. The van der Waals surface area contributed by atoms with E-state index < -0.39 is 0 Å². The van der Waals surface area contributed by atoms with Crippen molar-refractivity contribution in [1.29, 1.82) is 0 Å². The number of carbonyl (C=O) groups is 1. The predicted molar refractivity (Wildman–Crippen MR) is 153 cm³/mol. The van der Waals surface area contributed by atoms with Crippen molar-refractivity contribution in [2.24, 2.45) is 5.92 Å². The van der Waals surface area contributed by atoms with E-state index >= 15 is 0 Å². The fraction of sp³-hybridized carbons (Fsp3) is 0.607. The van der Waals surface area contributed by atoms with Crippen molar-refractivity contribution in [2.45, 2.75) is 39.0 Å². The van der Waals surface area contributed by atoms with Crippen molar-refractivity contribution in [3.63, 3.8) is 0 Å². The van der Waals surface area contributed by atoms with Gasteiger partial charge in [-0.05, 0) is 77.0 Å². The maximum absolute atomic E-state index is 12.1. The second-order valence-corrected chi connectivity index (χ2v) is 9.90. The number of unbranched alkanes of at least 4 members (excludes halogenated alkanes) is 1. The second kappa shape index (κ2) is 16.0. The molecule has 0 atom stereocenters. The molecule has 210 valence electrons. The topological polar surface area (TPSA) is 109 Å². The SMILES string of the molecule is CCCCOc1nc(N)c(NC)c(N(C=O)CC2CCN(CCCN(C)CCOc3ccccc3)CC2)n1. The van der Waals surface area contributed by atoms with Gasteiger partial charge in [0, 0.05) is 20.1 Å². The summed E-state index contributed by atoms with van der Waals surface area (Å²) in [6.45, 7) is 9.01. The van der Waals surface area contributed by atoms with Crippen molar-refractivity contribution < 1.29 is 14.3 Å². The molecule has 38 heavy (non-hydrogen) atoms. The molecule has 10 heteroatoms. The summed E-state index contributed by atoms with van der Waals surface area (Å²) >= 11 is 0. The molecule has 3 N–H and O–H groups in total. The smallest absolute Gasteiger partial charge is 0.320 e. The highest BCUT2D eigenvalue weighted by atomic mass is 16.5. The molecule has 3 rings (SSSR count). The summed E-state index contributed by atoms with van der Waals surface area (Å²) in [5.74, 6) is 2.08. The largest absolute Gasteiger partial charge is 0.492 e. The molecule has 2 aromatic rings. The number of nitrogen functional groups attached to an aromatic ring is 1. The predicted octanol–water partition coefficient (Wildman–Crippen LogP) is 3.36. The zero-order valence-corrected chi connectivity index (χ0v) is 23.3. The number of para-hydroxylation sites is 1. The van der Waals surface area contributed by atoms with E-state index in [-0.39, 0.29) is 11.8 Å². The minimum atomic E-state index is 0.211.